The molecule has 0 unspecified atom stereocenters. The van der Waals surface area contributed by atoms with Crippen molar-refractivity contribution in [3.63, 3.8) is 0 Å². The molecule has 0 heterocycles. The second-order valence-electron chi connectivity index (χ2n) is 4.61. The van der Waals surface area contributed by atoms with Gasteiger partial charge in [-0.1, -0.05) is 12.1 Å². The summed E-state index contributed by atoms with van der Waals surface area (Å²) in [5, 5.41) is 2.91. The third kappa shape index (κ3) is 4.56. The van der Waals surface area contributed by atoms with Crippen LogP contribution < -0.4 is 5.32 Å². The van der Waals surface area contributed by atoms with Crippen LogP contribution in [0.2, 0.25) is 0 Å². The lowest BCUT2D eigenvalue weighted by molar-refractivity contribution is -0.145. The van der Waals surface area contributed by atoms with E-state index in [4.69, 9.17) is 4.74 Å². The van der Waals surface area contributed by atoms with E-state index in [0.29, 0.717) is 11.3 Å². The lowest BCUT2D eigenvalue weighted by Crippen LogP contribution is -2.28. The number of nitrogens with one attached hydrogen (secondary N) is 1. The lowest BCUT2D eigenvalue weighted by Gasteiger charge is -2.14. The van der Waals surface area contributed by atoms with Crippen LogP contribution in [0.25, 0.3) is 0 Å². The summed E-state index contributed by atoms with van der Waals surface area (Å²) in [5.41, 5.74) is 1.33. The number of ether oxygens (including phenoxy) is 1. The fourth-order valence-electron chi connectivity index (χ4n) is 1.72. The molecule has 0 amide bonds. The van der Waals surface area contributed by atoms with Crippen molar-refractivity contribution < 1.29 is 18.3 Å². The Bertz CT molecular complexity index is 597. The summed E-state index contributed by atoms with van der Waals surface area (Å²) in [7, 11) is 0. The van der Waals surface area contributed by atoms with E-state index in [9.17, 15) is 13.6 Å². The first-order chi connectivity index (χ1) is 10.0. The van der Waals surface area contributed by atoms with Gasteiger partial charge in [-0.3, -0.25) is 0 Å². The molecule has 0 saturated heterocycles. The molecule has 1 atom stereocenters. The van der Waals surface area contributed by atoms with E-state index in [-0.39, 0.29) is 18.2 Å². The normalized spacial score (nSPS) is 11.8. The van der Waals surface area contributed by atoms with E-state index in [1.807, 2.05) is 0 Å². The van der Waals surface area contributed by atoms with Gasteiger partial charge in [0.1, 0.15) is 24.3 Å². The van der Waals surface area contributed by atoms with Crippen molar-refractivity contribution in [2.75, 3.05) is 5.32 Å². The average Bonchev–Trinajstić information content (AvgIpc) is 2.48. The van der Waals surface area contributed by atoms with Gasteiger partial charge in [0.2, 0.25) is 0 Å². The Hall–Kier alpha value is -2.43. The molecule has 0 aliphatic heterocycles. The maximum Gasteiger partial charge on any atom is 0.328 e. The summed E-state index contributed by atoms with van der Waals surface area (Å²) in [4.78, 5) is 11.8. The fourth-order valence-corrected chi connectivity index (χ4v) is 1.72. The van der Waals surface area contributed by atoms with E-state index in [1.165, 1.54) is 24.3 Å². The zero-order chi connectivity index (χ0) is 15.2. The van der Waals surface area contributed by atoms with Crippen molar-refractivity contribution in [1.82, 2.24) is 0 Å². The van der Waals surface area contributed by atoms with E-state index >= 15 is 0 Å². The molecule has 2 rings (SSSR count). The molecule has 0 aliphatic rings. The van der Waals surface area contributed by atoms with Gasteiger partial charge in [-0.05, 0) is 48.9 Å². The SMILES string of the molecule is C[C@H](Nc1ccc(F)cc1)C(=O)OCc1ccc(F)cc1. The van der Waals surface area contributed by atoms with Crippen molar-refractivity contribution >= 4 is 11.7 Å². The Morgan fingerprint density at radius 1 is 1.05 bits per heavy atom. The first-order valence-electron chi connectivity index (χ1n) is 6.48. The van der Waals surface area contributed by atoms with Gasteiger partial charge < -0.3 is 10.1 Å². The molecule has 1 N–H and O–H groups in total. The van der Waals surface area contributed by atoms with Crippen LogP contribution in [0, 0.1) is 11.6 Å². The number of carbonyl (C=O) groups excluding carboxylic acids is 1. The first-order valence-corrected chi connectivity index (χ1v) is 6.48. The number of hydrogen-bond acceptors (Lipinski definition) is 3. The molecule has 0 aliphatic carbocycles. The van der Waals surface area contributed by atoms with E-state index in [0.717, 1.165) is 0 Å². The highest BCUT2D eigenvalue weighted by Gasteiger charge is 2.14. The van der Waals surface area contributed by atoms with Crippen molar-refractivity contribution in [2.45, 2.75) is 19.6 Å². The lowest BCUT2D eigenvalue weighted by atomic mass is 10.2. The Morgan fingerprint density at radius 2 is 1.57 bits per heavy atom. The molecular formula is C16H15F2NO2. The maximum absolute atomic E-state index is 12.8. The quantitative estimate of drug-likeness (QED) is 0.857. The molecule has 2 aromatic carbocycles. The predicted molar refractivity (Wildman–Crippen MR) is 75.7 cm³/mol. The van der Waals surface area contributed by atoms with Crippen molar-refractivity contribution in [1.29, 1.82) is 0 Å². The molecule has 110 valence electrons. The third-order valence-corrected chi connectivity index (χ3v) is 2.88. The van der Waals surface area contributed by atoms with Gasteiger partial charge in [0.05, 0.1) is 0 Å². The number of hydrogen-bond donors (Lipinski definition) is 1. The smallest absolute Gasteiger partial charge is 0.328 e. The Labute approximate surface area is 121 Å². The van der Waals surface area contributed by atoms with Gasteiger partial charge in [0.15, 0.2) is 0 Å². The number of carbonyl (C=O) groups is 1. The molecule has 2 aromatic rings. The highest BCUT2D eigenvalue weighted by atomic mass is 19.1. The van der Waals surface area contributed by atoms with Gasteiger partial charge in [-0.25, -0.2) is 13.6 Å². The molecule has 0 radical (unpaired) electrons. The average molecular weight is 291 g/mol. The highest BCUT2D eigenvalue weighted by molar-refractivity contribution is 5.78. The van der Waals surface area contributed by atoms with Gasteiger partial charge in [0.25, 0.3) is 0 Å². The molecule has 3 nitrogen and oxygen atoms in total. The monoisotopic (exact) mass is 291 g/mol. The van der Waals surface area contributed by atoms with E-state index in [2.05, 4.69) is 5.32 Å². The van der Waals surface area contributed by atoms with Gasteiger partial charge in [-0.15, -0.1) is 0 Å². The largest absolute Gasteiger partial charge is 0.459 e. The van der Waals surface area contributed by atoms with Gasteiger partial charge in [0, 0.05) is 5.69 Å². The summed E-state index contributed by atoms with van der Waals surface area (Å²) in [6.45, 7) is 1.73. The summed E-state index contributed by atoms with van der Waals surface area (Å²) in [6.07, 6.45) is 0. The number of rotatable bonds is 5. The first kappa shape index (κ1) is 15.0. The molecule has 0 saturated carbocycles. The number of anilines is 1. The van der Waals surface area contributed by atoms with Crippen LogP contribution in [-0.2, 0) is 16.1 Å². The number of halogens is 2. The van der Waals surface area contributed by atoms with Crippen LogP contribution >= 0.6 is 0 Å². The van der Waals surface area contributed by atoms with Crippen molar-refractivity contribution in [2.24, 2.45) is 0 Å². The standard InChI is InChI=1S/C16H15F2NO2/c1-11(19-15-8-6-14(18)7-9-15)16(20)21-10-12-2-4-13(17)5-3-12/h2-9,11,19H,10H2,1H3/t11-/m0/s1. The molecule has 0 spiro atoms. The van der Waals surface area contributed by atoms with Crippen LogP contribution in [0.5, 0.6) is 0 Å². The Kier molecular flexibility index (Phi) is 4.87. The Balaban J connectivity index is 1.84. The van der Waals surface area contributed by atoms with Crippen LogP contribution in [0.3, 0.4) is 0 Å². The second kappa shape index (κ2) is 6.83. The van der Waals surface area contributed by atoms with Crippen molar-refractivity contribution in [3.05, 3.63) is 65.7 Å². The molecule has 21 heavy (non-hydrogen) atoms. The van der Waals surface area contributed by atoms with Gasteiger partial charge in [-0.2, -0.15) is 0 Å². The van der Waals surface area contributed by atoms with Crippen LogP contribution in [0.15, 0.2) is 48.5 Å². The number of esters is 1. The third-order valence-electron chi connectivity index (χ3n) is 2.88. The topological polar surface area (TPSA) is 38.3 Å². The molecule has 0 bridgehead atoms. The molecule has 5 heteroatoms. The predicted octanol–water partition coefficient (Wildman–Crippen LogP) is 3.51. The van der Waals surface area contributed by atoms with Crippen LogP contribution in [0.4, 0.5) is 14.5 Å². The summed E-state index contributed by atoms with van der Waals surface area (Å²) >= 11 is 0. The summed E-state index contributed by atoms with van der Waals surface area (Å²) in [5.74, 6) is -1.12. The summed E-state index contributed by atoms with van der Waals surface area (Å²) < 4.78 is 30.6. The van der Waals surface area contributed by atoms with Crippen molar-refractivity contribution in [3.8, 4) is 0 Å². The highest BCUT2D eigenvalue weighted by Crippen LogP contribution is 2.11. The van der Waals surface area contributed by atoms with Gasteiger partial charge >= 0.3 is 5.97 Å². The Morgan fingerprint density at radius 3 is 2.14 bits per heavy atom. The minimum absolute atomic E-state index is 0.0779. The van der Waals surface area contributed by atoms with Crippen LogP contribution in [-0.4, -0.2) is 12.0 Å². The van der Waals surface area contributed by atoms with Crippen LogP contribution in [0.1, 0.15) is 12.5 Å². The minimum atomic E-state index is -0.573. The summed E-state index contributed by atoms with van der Waals surface area (Å²) in [6, 6.07) is 10.8. The zero-order valence-corrected chi connectivity index (χ0v) is 11.5. The molecule has 0 aromatic heterocycles. The number of benzene rings is 2. The molecule has 0 fully saturated rings. The molecular weight excluding hydrogens is 276 g/mol. The van der Waals surface area contributed by atoms with E-state index < -0.39 is 12.0 Å². The zero-order valence-electron chi connectivity index (χ0n) is 11.5. The minimum Gasteiger partial charge on any atom is -0.459 e. The maximum atomic E-state index is 12.8. The fraction of sp³-hybridized carbons (Fsp3) is 0.188. The van der Waals surface area contributed by atoms with E-state index in [1.54, 1.807) is 31.2 Å². The second-order valence-corrected chi connectivity index (χ2v) is 4.61.